The first-order chi connectivity index (χ1) is 8.83. The lowest BCUT2D eigenvalue weighted by Crippen LogP contribution is -1.92. The van der Waals surface area contributed by atoms with Crippen LogP contribution in [0.1, 0.15) is 4.88 Å². The standard InChI is InChI=1S/C14H12N2OS/c15-13-4-1-5-14-12(13)7-11(18-14)9-17-10-3-2-6-16-8-10/h1-8H,9,15H2. The Morgan fingerprint density at radius 1 is 1.22 bits per heavy atom. The summed E-state index contributed by atoms with van der Waals surface area (Å²) < 4.78 is 6.86. The van der Waals surface area contributed by atoms with Crippen LogP contribution < -0.4 is 10.5 Å². The van der Waals surface area contributed by atoms with Crippen molar-refractivity contribution >= 4 is 27.1 Å². The Labute approximate surface area is 109 Å². The van der Waals surface area contributed by atoms with E-state index in [-0.39, 0.29) is 0 Å². The van der Waals surface area contributed by atoms with Gasteiger partial charge in [0.05, 0.1) is 6.20 Å². The topological polar surface area (TPSA) is 48.1 Å². The van der Waals surface area contributed by atoms with Crippen molar-refractivity contribution in [2.45, 2.75) is 6.61 Å². The summed E-state index contributed by atoms with van der Waals surface area (Å²) in [4.78, 5) is 5.17. The van der Waals surface area contributed by atoms with Crippen molar-refractivity contribution in [2.75, 3.05) is 5.73 Å². The van der Waals surface area contributed by atoms with Gasteiger partial charge in [-0.25, -0.2) is 0 Å². The molecule has 90 valence electrons. The molecule has 3 aromatic rings. The van der Waals surface area contributed by atoms with Gasteiger partial charge in [0.15, 0.2) is 0 Å². The van der Waals surface area contributed by atoms with Crippen molar-refractivity contribution in [1.29, 1.82) is 0 Å². The van der Waals surface area contributed by atoms with Crippen LogP contribution in [0.15, 0.2) is 48.8 Å². The van der Waals surface area contributed by atoms with Crippen molar-refractivity contribution in [3.8, 4) is 5.75 Å². The maximum absolute atomic E-state index is 5.93. The van der Waals surface area contributed by atoms with Crippen molar-refractivity contribution in [1.82, 2.24) is 4.98 Å². The average molecular weight is 256 g/mol. The third kappa shape index (κ3) is 2.15. The van der Waals surface area contributed by atoms with E-state index >= 15 is 0 Å². The molecule has 0 aliphatic rings. The van der Waals surface area contributed by atoms with E-state index in [9.17, 15) is 0 Å². The highest BCUT2D eigenvalue weighted by Crippen LogP contribution is 2.30. The molecule has 1 aromatic carbocycles. The molecule has 0 radical (unpaired) electrons. The molecule has 3 rings (SSSR count). The van der Waals surface area contributed by atoms with Crippen LogP contribution >= 0.6 is 11.3 Å². The molecular weight excluding hydrogens is 244 g/mol. The van der Waals surface area contributed by atoms with Crippen LogP contribution in [0.2, 0.25) is 0 Å². The van der Waals surface area contributed by atoms with Crippen molar-refractivity contribution in [2.24, 2.45) is 0 Å². The molecule has 0 saturated heterocycles. The number of hydrogen-bond donors (Lipinski definition) is 1. The highest BCUT2D eigenvalue weighted by Gasteiger charge is 2.04. The molecule has 0 aliphatic carbocycles. The predicted octanol–water partition coefficient (Wildman–Crippen LogP) is 3.46. The number of nitrogens with two attached hydrogens (primary N) is 1. The van der Waals surface area contributed by atoms with E-state index in [1.54, 1.807) is 23.7 Å². The van der Waals surface area contributed by atoms with Crippen molar-refractivity contribution in [3.05, 3.63) is 53.7 Å². The van der Waals surface area contributed by atoms with Crippen LogP contribution in [0.3, 0.4) is 0 Å². The van der Waals surface area contributed by atoms with Gasteiger partial charge < -0.3 is 10.5 Å². The second kappa shape index (κ2) is 4.66. The highest BCUT2D eigenvalue weighted by atomic mass is 32.1. The Kier molecular flexibility index (Phi) is 2.86. The number of aromatic nitrogens is 1. The van der Waals surface area contributed by atoms with Gasteiger partial charge in [0.25, 0.3) is 0 Å². The van der Waals surface area contributed by atoms with E-state index in [0.29, 0.717) is 6.61 Å². The van der Waals surface area contributed by atoms with Crippen molar-refractivity contribution in [3.63, 3.8) is 0 Å². The summed E-state index contributed by atoms with van der Waals surface area (Å²) in [5.41, 5.74) is 6.75. The summed E-state index contributed by atoms with van der Waals surface area (Å²) in [7, 11) is 0. The maximum Gasteiger partial charge on any atom is 0.138 e. The fourth-order valence-corrected chi connectivity index (χ4v) is 2.80. The number of pyridine rings is 1. The number of nitrogen functional groups attached to an aromatic ring is 1. The SMILES string of the molecule is Nc1cccc2sc(COc3cccnc3)cc12. The molecule has 2 heterocycles. The van der Waals surface area contributed by atoms with Crippen LogP contribution in [0.4, 0.5) is 5.69 Å². The minimum atomic E-state index is 0.546. The normalized spacial score (nSPS) is 10.7. The second-order valence-electron chi connectivity index (χ2n) is 3.95. The second-order valence-corrected chi connectivity index (χ2v) is 5.12. The van der Waals surface area contributed by atoms with Gasteiger partial charge in [-0.1, -0.05) is 6.07 Å². The maximum atomic E-state index is 5.93. The summed E-state index contributed by atoms with van der Waals surface area (Å²) >= 11 is 1.71. The quantitative estimate of drug-likeness (QED) is 0.730. The number of rotatable bonds is 3. The molecule has 2 N–H and O–H groups in total. The molecule has 0 saturated carbocycles. The number of ether oxygens (including phenoxy) is 1. The number of nitrogens with zero attached hydrogens (tertiary/aromatic N) is 1. The zero-order valence-electron chi connectivity index (χ0n) is 9.67. The molecule has 0 aliphatic heterocycles. The number of benzene rings is 1. The third-order valence-corrected chi connectivity index (χ3v) is 3.74. The summed E-state index contributed by atoms with van der Waals surface area (Å²) in [5, 5.41) is 1.10. The third-order valence-electron chi connectivity index (χ3n) is 2.66. The number of hydrogen-bond acceptors (Lipinski definition) is 4. The largest absolute Gasteiger partial charge is 0.486 e. The van der Waals surface area contributed by atoms with Gasteiger partial charge in [0.1, 0.15) is 12.4 Å². The minimum absolute atomic E-state index is 0.546. The van der Waals surface area contributed by atoms with Gasteiger partial charge in [-0.05, 0) is 30.3 Å². The zero-order valence-corrected chi connectivity index (χ0v) is 10.5. The monoisotopic (exact) mass is 256 g/mol. The molecule has 2 aromatic heterocycles. The highest BCUT2D eigenvalue weighted by molar-refractivity contribution is 7.19. The molecule has 0 amide bonds. The van der Waals surface area contributed by atoms with Crippen LogP contribution in [0.5, 0.6) is 5.75 Å². The first kappa shape index (κ1) is 11.0. The van der Waals surface area contributed by atoms with Crippen molar-refractivity contribution < 1.29 is 4.74 Å². The Morgan fingerprint density at radius 3 is 2.94 bits per heavy atom. The predicted molar refractivity (Wildman–Crippen MR) is 74.8 cm³/mol. The number of anilines is 1. The molecule has 3 nitrogen and oxygen atoms in total. The zero-order chi connectivity index (χ0) is 12.4. The van der Waals surface area contributed by atoms with Gasteiger partial charge >= 0.3 is 0 Å². The van der Waals surface area contributed by atoms with Crippen LogP contribution in [-0.2, 0) is 6.61 Å². The van der Waals surface area contributed by atoms with E-state index in [4.69, 9.17) is 10.5 Å². The average Bonchev–Trinajstić information content (AvgIpc) is 2.82. The van der Waals surface area contributed by atoms with E-state index in [2.05, 4.69) is 17.1 Å². The summed E-state index contributed by atoms with van der Waals surface area (Å²) in [6, 6.07) is 11.8. The fourth-order valence-electron chi connectivity index (χ4n) is 1.79. The lowest BCUT2D eigenvalue weighted by atomic mass is 10.2. The van der Waals surface area contributed by atoms with Gasteiger partial charge in [-0.3, -0.25) is 4.98 Å². The van der Waals surface area contributed by atoms with E-state index in [1.807, 2.05) is 24.3 Å². The van der Waals surface area contributed by atoms with Gasteiger partial charge in [0, 0.05) is 26.8 Å². The molecule has 0 atom stereocenters. The van der Waals surface area contributed by atoms with Gasteiger partial charge in [0.2, 0.25) is 0 Å². The lowest BCUT2D eigenvalue weighted by molar-refractivity contribution is 0.308. The minimum Gasteiger partial charge on any atom is -0.486 e. The lowest BCUT2D eigenvalue weighted by Gasteiger charge is -2.02. The molecule has 0 fully saturated rings. The summed E-state index contributed by atoms with van der Waals surface area (Å²) in [5.74, 6) is 0.780. The first-order valence-electron chi connectivity index (χ1n) is 5.63. The molecule has 0 bridgehead atoms. The Balaban J connectivity index is 1.81. The molecule has 0 spiro atoms. The molecule has 18 heavy (non-hydrogen) atoms. The Bertz CT molecular complexity index is 664. The van der Waals surface area contributed by atoms with Crippen LogP contribution in [0, 0.1) is 0 Å². The Hall–Kier alpha value is -2.07. The van der Waals surface area contributed by atoms with Crippen LogP contribution in [-0.4, -0.2) is 4.98 Å². The summed E-state index contributed by atoms with van der Waals surface area (Å²) in [6.45, 7) is 0.546. The summed E-state index contributed by atoms with van der Waals surface area (Å²) in [6.07, 6.45) is 3.44. The smallest absolute Gasteiger partial charge is 0.138 e. The number of fused-ring (bicyclic) bond motifs is 1. The first-order valence-corrected chi connectivity index (χ1v) is 6.44. The Morgan fingerprint density at radius 2 is 2.17 bits per heavy atom. The molecular formula is C14H12N2OS. The fraction of sp³-hybridized carbons (Fsp3) is 0.0714. The number of thiophene rings is 1. The van der Waals surface area contributed by atoms with Gasteiger partial charge in [-0.15, -0.1) is 11.3 Å². The van der Waals surface area contributed by atoms with E-state index in [1.165, 1.54) is 4.70 Å². The van der Waals surface area contributed by atoms with E-state index in [0.717, 1.165) is 21.7 Å². The van der Waals surface area contributed by atoms with Gasteiger partial charge in [-0.2, -0.15) is 0 Å². The molecule has 0 unspecified atom stereocenters. The molecule has 4 heteroatoms. The van der Waals surface area contributed by atoms with E-state index < -0.39 is 0 Å². The van der Waals surface area contributed by atoms with Crippen LogP contribution in [0.25, 0.3) is 10.1 Å².